The predicted molar refractivity (Wildman–Crippen MR) is 111 cm³/mol. The summed E-state index contributed by atoms with van der Waals surface area (Å²) in [6, 6.07) is 13.7. The molecule has 150 valence electrons. The molecule has 0 radical (unpaired) electrons. The summed E-state index contributed by atoms with van der Waals surface area (Å²) in [6.45, 7) is 7.87. The maximum atomic E-state index is 13.4. The molecule has 1 heterocycles. The van der Waals surface area contributed by atoms with Crippen LogP contribution in [0.2, 0.25) is 0 Å². The number of carbonyl (C=O) groups is 1. The van der Waals surface area contributed by atoms with Gasteiger partial charge in [-0.05, 0) is 56.2 Å². The number of aryl methyl sites for hydroxylation is 2. The van der Waals surface area contributed by atoms with Crippen LogP contribution in [-0.4, -0.2) is 22.2 Å². The summed E-state index contributed by atoms with van der Waals surface area (Å²) in [4.78, 5) is 12.1. The Morgan fingerprint density at radius 2 is 1.93 bits per heavy atom. The van der Waals surface area contributed by atoms with E-state index in [-0.39, 0.29) is 11.7 Å². The van der Waals surface area contributed by atoms with Gasteiger partial charge in [-0.3, -0.25) is 4.79 Å². The van der Waals surface area contributed by atoms with Crippen LogP contribution in [0.3, 0.4) is 0 Å². The Labute approximate surface area is 169 Å². The lowest BCUT2D eigenvalue weighted by Gasteiger charge is -2.13. The molecule has 1 aromatic heterocycles. The highest BCUT2D eigenvalue weighted by molar-refractivity contribution is 5.76. The molecule has 0 spiro atoms. The summed E-state index contributed by atoms with van der Waals surface area (Å²) < 4.78 is 21.3. The van der Waals surface area contributed by atoms with E-state index in [1.54, 1.807) is 22.9 Å². The summed E-state index contributed by atoms with van der Waals surface area (Å²) in [5.74, 6) is 0.840. The first-order valence-electron chi connectivity index (χ1n) is 9.45. The van der Waals surface area contributed by atoms with Crippen molar-refractivity contribution >= 4 is 5.91 Å². The van der Waals surface area contributed by atoms with Crippen molar-refractivity contribution < 1.29 is 13.9 Å². The van der Waals surface area contributed by atoms with Crippen molar-refractivity contribution in [3.05, 3.63) is 83.8 Å². The molecule has 2 aromatic carbocycles. The number of hydrogen-bond acceptors (Lipinski definition) is 3. The fraction of sp³-hybridized carbons (Fsp3) is 0.217. The fourth-order valence-corrected chi connectivity index (χ4v) is 2.98. The van der Waals surface area contributed by atoms with E-state index in [0.717, 1.165) is 16.8 Å². The first kappa shape index (κ1) is 20.3. The van der Waals surface area contributed by atoms with E-state index in [1.807, 2.05) is 38.1 Å². The van der Waals surface area contributed by atoms with Gasteiger partial charge >= 0.3 is 0 Å². The van der Waals surface area contributed by atoms with Crippen LogP contribution in [0.25, 0.3) is 5.69 Å². The van der Waals surface area contributed by atoms with Gasteiger partial charge in [0.15, 0.2) is 0 Å². The van der Waals surface area contributed by atoms with Crippen molar-refractivity contribution in [1.82, 2.24) is 15.1 Å². The summed E-state index contributed by atoms with van der Waals surface area (Å²) in [7, 11) is 0. The average Bonchev–Trinajstić information content (AvgIpc) is 3.02. The van der Waals surface area contributed by atoms with Gasteiger partial charge in [0.2, 0.25) is 11.8 Å². The third kappa shape index (κ3) is 4.90. The van der Waals surface area contributed by atoms with Crippen LogP contribution in [0.4, 0.5) is 4.39 Å². The highest BCUT2D eigenvalue weighted by atomic mass is 19.1. The maximum Gasteiger partial charge on any atom is 0.226 e. The first-order valence-corrected chi connectivity index (χ1v) is 9.45. The molecule has 1 amide bonds. The van der Waals surface area contributed by atoms with Crippen molar-refractivity contribution in [2.24, 2.45) is 0 Å². The molecule has 6 heteroatoms. The summed E-state index contributed by atoms with van der Waals surface area (Å²) >= 11 is 0. The van der Waals surface area contributed by atoms with E-state index in [0.29, 0.717) is 36.7 Å². The highest BCUT2D eigenvalue weighted by Crippen LogP contribution is 2.32. The van der Waals surface area contributed by atoms with Crippen LogP contribution < -0.4 is 10.1 Å². The van der Waals surface area contributed by atoms with Crippen molar-refractivity contribution in [3.63, 3.8) is 0 Å². The second-order valence-corrected chi connectivity index (χ2v) is 6.72. The van der Waals surface area contributed by atoms with Crippen LogP contribution >= 0.6 is 0 Å². The number of aromatic nitrogens is 2. The van der Waals surface area contributed by atoms with Crippen molar-refractivity contribution in [2.75, 3.05) is 6.54 Å². The lowest BCUT2D eigenvalue weighted by Crippen LogP contribution is -2.23. The monoisotopic (exact) mass is 393 g/mol. The molecule has 0 unspecified atom stereocenters. The molecule has 0 bridgehead atoms. The Bertz CT molecular complexity index is 1010. The van der Waals surface area contributed by atoms with Gasteiger partial charge < -0.3 is 10.1 Å². The van der Waals surface area contributed by atoms with E-state index in [9.17, 15) is 9.18 Å². The quantitative estimate of drug-likeness (QED) is 0.567. The van der Waals surface area contributed by atoms with E-state index in [4.69, 9.17) is 4.74 Å². The van der Waals surface area contributed by atoms with E-state index in [2.05, 4.69) is 17.0 Å². The van der Waals surface area contributed by atoms with E-state index in [1.165, 1.54) is 12.1 Å². The van der Waals surface area contributed by atoms with E-state index >= 15 is 0 Å². The minimum Gasteiger partial charge on any atom is -0.438 e. The van der Waals surface area contributed by atoms with Gasteiger partial charge in [0.1, 0.15) is 11.6 Å². The minimum absolute atomic E-state index is 0.0688. The Balaban J connectivity index is 1.98. The van der Waals surface area contributed by atoms with E-state index < -0.39 is 0 Å². The second kappa shape index (κ2) is 9.19. The van der Waals surface area contributed by atoms with Gasteiger partial charge in [-0.25, -0.2) is 9.07 Å². The second-order valence-electron chi connectivity index (χ2n) is 6.72. The smallest absolute Gasteiger partial charge is 0.226 e. The maximum absolute atomic E-state index is 13.4. The number of nitrogens with zero attached hydrogens (tertiary/aromatic N) is 2. The zero-order chi connectivity index (χ0) is 20.8. The number of nitrogens with one attached hydrogen (secondary N) is 1. The Morgan fingerprint density at radius 1 is 1.21 bits per heavy atom. The van der Waals surface area contributed by atoms with Crippen LogP contribution in [0.5, 0.6) is 11.6 Å². The van der Waals surface area contributed by atoms with Crippen molar-refractivity contribution in [1.29, 1.82) is 0 Å². The highest BCUT2D eigenvalue weighted by Gasteiger charge is 2.20. The molecule has 5 nitrogen and oxygen atoms in total. The van der Waals surface area contributed by atoms with Crippen LogP contribution in [0, 0.1) is 19.7 Å². The molecule has 3 aromatic rings. The molecule has 0 saturated heterocycles. The largest absolute Gasteiger partial charge is 0.438 e. The van der Waals surface area contributed by atoms with Crippen LogP contribution in [-0.2, 0) is 11.2 Å². The molecular formula is C23H24FN3O2. The van der Waals surface area contributed by atoms with Gasteiger partial charge in [-0.2, -0.15) is 5.10 Å². The zero-order valence-corrected chi connectivity index (χ0v) is 16.6. The number of amides is 1. The predicted octanol–water partition coefficient (Wildman–Crippen LogP) is 4.66. The van der Waals surface area contributed by atoms with Gasteiger partial charge in [-0.15, -0.1) is 6.58 Å². The topological polar surface area (TPSA) is 56.2 Å². The van der Waals surface area contributed by atoms with Gasteiger partial charge in [-0.1, -0.05) is 24.3 Å². The normalized spacial score (nSPS) is 10.6. The molecular weight excluding hydrogens is 369 g/mol. The molecule has 29 heavy (non-hydrogen) atoms. The summed E-state index contributed by atoms with van der Waals surface area (Å²) in [6.07, 6.45) is 2.41. The number of carbonyl (C=O) groups excluding carboxylic acids is 1. The third-order valence-electron chi connectivity index (χ3n) is 4.55. The van der Waals surface area contributed by atoms with Crippen molar-refractivity contribution in [3.8, 4) is 17.3 Å². The number of rotatable bonds is 8. The Kier molecular flexibility index (Phi) is 6.44. The first-order chi connectivity index (χ1) is 14.0. The molecule has 0 aliphatic heterocycles. The fourth-order valence-electron chi connectivity index (χ4n) is 2.98. The SMILES string of the molecule is C=CCNC(=O)CCc1c(C)nn(-c2ccc(F)cc2)c1Oc1ccccc1C. The average molecular weight is 393 g/mol. The Hall–Kier alpha value is -3.41. The standard InChI is InChI=1S/C23H24FN3O2/c1-4-15-25-22(28)14-13-20-17(3)26-27(19-11-9-18(24)10-12-19)23(20)29-21-8-6-5-7-16(21)2/h4-12H,1,13-15H2,2-3H3,(H,25,28). The van der Waals surface area contributed by atoms with Gasteiger partial charge in [0.05, 0.1) is 11.4 Å². The molecule has 1 N–H and O–H groups in total. The van der Waals surface area contributed by atoms with Crippen LogP contribution in [0.15, 0.2) is 61.2 Å². The molecule has 0 aliphatic rings. The Morgan fingerprint density at radius 3 is 2.62 bits per heavy atom. The lowest BCUT2D eigenvalue weighted by molar-refractivity contribution is -0.120. The van der Waals surface area contributed by atoms with Gasteiger partial charge in [0.25, 0.3) is 0 Å². The van der Waals surface area contributed by atoms with Gasteiger partial charge in [0, 0.05) is 18.5 Å². The summed E-state index contributed by atoms with van der Waals surface area (Å²) in [5, 5.41) is 7.38. The number of hydrogen-bond donors (Lipinski definition) is 1. The van der Waals surface area contributed by atoms with Crippen LogP contribution in [0.1, 0.15) is 23.2 Å². The minimum atomic E-state index is -0.321. The zero-order valence-electron chi connectivity index (χ0n) is 16.6. The number of halogens is 1. The van der Waals surface area contributed by atoms with Crippen molar-refractivity contribution in [2.45, 2.75) is 26.7 Å². The molecule has 0 fully saturated rings. The molecule has 0 saturated carbocycles. The molecule has 0 atom stereocenters. The molecule has 3 rings (SSSR count). The number of ether oxygens (including phenoxy) is 1. The third-order valence-corrected chi connectivity index (χ3v) is 4.55. The summed E-state index contributed by atoms with van der Waals surface area (Å²) in [5.41, 5.74) is 3.26. The molecule has 0 aliphatic carbocycles. The lowest BCUT2D eigenvalue weighted by atomic mass is 10.1. The number of benzene rings is 2. The number of para-hydroxylation sites is 1.